The Labute approximate surface area is 147 Å². The molecule has 2 aromatic rings. The molecular formula is C19H22F2N2S. The number of benzene rings is 2. The van der Waals surface area contributed by atoms with Crippen molar-refractivity contribution in [3.8, 4) is 0 Å². The lowest BCUT2D eigenvalue weighted by Gasteiger charge is -2.21. The Morgan fingerprint density at radius 2 is 1.67 bits per heavy atom. The maximum atomic E-state index is 13.6. The van der Waals surface area contributed by atoms with Crippen molar-refractivity contribution >= 4 is 23.0 Å². The average Bonchev–Trinajstić information content (AvgIpc) is 2.49. The fraction of sp³-hybridized carbons (Fsp3) is 0.316. The summed E-state index contributed by atoms with van der Waals surface area (Å²) < 4.78 is 26.6. The molecule has 2 rings (SSSR count). The molecule has 24 heavy (non-hydrogen) atoms. The number of hydrogen-bond acceptors (Lipinski definition) is 1. The molecule has 0 aromatic heterocycles. The van der Waals surface area contributed by atoms with E-state index in [0.717, 1.165) is 11.6 Å². The van der Waals surface area contributed by atoms with Crippen molar-refractivity contribution in [2.24, 2.45) is 0 Å². The normalized spacial score (nSPS) is 12.6. The van der Waals surface area contributed by atoms with Crippen LogP contribution in [0.5, 0.6) is 0 Å². The summed E-state index contributed by atoms with van der Waals surface area (Å²) in [5, 5.41) is 6.14. The van der Waals surface area contributed by atoms with Gasteiger partial charge in [-0.25, -0.2) is 8.78 Å². The highest BCUT2D eigenvalue weighted by Crippen LogP contribution is 2.24. The van der Waals surface area contributed by atoms with Crippen molar-refractivity contribution in [1.82, 2.24) is 5.32 Å². The van der Waals surface area contributed by atoms with Crippen molar-refractivity contribution in [3.05, 3.63) is 65.2 Å². The van der Waals surface area contributed by atoms with Crippen molar-refractivity contribution in [2.75, 3.05) is 5.32 Å². The molecule has 2 nitrogen and oxygen atoms in total. The molecule has 1 unspecified atom stereocenters. The van der Waals surface area contributed by atoms with E-state index in [4.69, 9.17) is 12.2 Å². The largest absolute Gasteiger partial charge is 0.356 e. The SMILES string of the molecule is CC(NC(=S)Nc1ccc(F)cc1F)c1ccc(C(C)(C)C)cc1. The molecule has 1 atom stereocenters. The Balaban J connectivity index is 2.01. The van der Waals surface area contributed by atoms with E-state index in [1.807, 2.05) is 6.92 Å². The minimum absolute atomic E-state index is 0.0393. The highest BCUT2D eigenvalue weighted by atomic mass is 32.1. The molecule has 0 saturated carbocycles. The number of hydrogen-bond donors (Lipinski definition) is 2. The topological polar surface area (TPSA) is 24.1 Å². The summed E-state index contributed by atoms with van der Waals surface area (Å²) in [6, 6.07) is 11.6. The molecule has 0 bridgehead atoms. The zero-order chi connectivity index (χ0) is 17.9. The first-order valence-corrected chi connectivity index (χ1v) is 8.20. The third-order valence-electron chi connectivity index (χ3n) is 3.80. The van der Waals surface area contributed by atoms with Crippen molar-refractivity contribution in [2.45, 2.75) is 39.2 Å². The van der Waals surface area contributed by atoms with Gasteiger partial charge in [0.15, 0.2) is 5.11 Å². The summed E-state index contributed by atoms with van der Waals surface area (Å²) in [6.07, 6.45) is 0. The summed E-state index contributed by atoms with van der Waals surface area (Å²) in [5.41, 5.74) is 2.58. The van der Waals surface area contributed by atoms with Crippen LogP contribution in [0.1, 0.15) is 44.9 Å². The highest BCUT2D eigenvalue weighted by molar-refractivity contribution is 7.80. The van der Waals surface area contributed by atoms with Gasteiger partial charge >= 0.3 is 0 Å². The predicted octanol–water partition coefficient (Wildman–Crippen LogP) is 5.31. The van der Waals surface area contributed by atoms with Gasteiger partial charge in [0.05, 0.1) is 11.7 Å². The van der Waals surface area contributed by atoms with Gasteiger partial charge in [-0.2, -0.15) is 0 Å². The van der Waals surface area contributed by atoms with E-state index in [1.54, 1.807) is 0 Å². The van der Waals surface area contributed by atoms with Crippen LogP contribution in [0.15, 0.2) is 42.5 Å². The van der Waals surface area contributed by atoms with Gasteiger partial charge in [-0.1, -0.05) is 45.0 Å². The highest BCUT2D eigenvalue weighted by Gasteiger charge is 2.14. The van der Waals surface area contributed by atoms with Crippen LogP contribution in [0, 0.1) is 11.6 Å². The molecule has 0 heterocycles. The minimum atomic E-state index is -0.679. The first-order chi connectivity index (χ1) is 11.2. The summed E-state index contributed by atoms with van der Waals surface area (Å²) in [7, 11) is 0. The molecule has 0 aliphatic heterocycles. The molecule has 2 N–H and O–H groups in total. The van der Waals surface area contributed by atoms with Crippen LogP contribution in [0.2, 0.25) is 0 Å². The van der Waals surface area contributed by atoms with Crippen molar-refractivity contribution < 1.29 is 8.78 Å². The Kier molecular flexibility index (Phi) is 5.54. The standard InChI is InChI=1S/C19H22F2N2S/c1-12(13-5-7-14(8-6-13)19(2,3)4)22-18(24)23-17-10-9-15(20)11-16(17)21/h5-12H,1-4H3,(H2,22,23,24). The van der Waals surface area contributed by atoms with Gasteiger partial charge in [0.2, 0.25) is 0 Å². The van der Waals surface area contributed by atoms with Crippen LogP contribution < -0.4 is 10.6 Å². The lowest BCUT2D eigenvalue weighted by atomic mass is 9.86. The second kappa shape index (κ2) is 7.26. The number of halogens is 2. The Hall–Kier alpha value is -2.01. The second-order valence-corrected chi connectivity index (χ2v) is 7.22. The van der Waals surface area contributed by atoms with Crippen LogP contribution >= 0.6 is 12.2 Å². The van der Waals surface area contributed by atoms with Crippen LogP contribution in [-0.2, 0) is 5.41 Å². The van der Waals surface area contributed by atoms with Gasteiger partial charge in [-0.15, -0.1) is 0 Å². The quantitative estimate of drug-likeness (QED) is 0.735. The molecule has 2 aromatic carbocycles. The zero-order valence-corrected chi connectivity index (χ0v) is 15.1. The van der Waals surface area contributed by atoms with Gasteiger partial charge in [0.1, 0.15) is 11.6 Å². The van der Waals surface area contributed by atoms with E-state index in [-0.39, 0.29) is 22.3 Å². The minimum Gasteiger partial charge on any atom is -0.356 e. The first-order valence-electron chi connectivity index (χ1n) is 7.80. The van der Waals surface area contributed by atoms with E-state index in [2.05, 4.69) is 55.7 Å². The summed E-state index contributed by atoms with van der Waals surface area (Å²) in [5.74, 6) is -1.30. The Bertz CT molecular complexity index is 721. The van der Waals surface area contributed by atoms with Gasteiger partial charge in [0, 0.05) is 6.07 Å². The van der Waals surface area contributed by atoms with Gasteiger partial charge in [-0.3, -0.25) is 0 Å². The summed E-state index contributed by atoms with van der Waals surface area (Å²) in [6.45, 7) is 8.47. The van der Waals surface area contributed by atoms with Gasteiger partial charge < -0.3 is 10.6 Å². The number of thiocarbonyl (C=S) groups is 1. The Morgan fingerprint density at radius 1 is 1.04 bits per heavy atom. The molecule has 0 amide bonds. The molecular weight excluding hydrogens is 326 g/mol. The average molecular weight is 348 g/mol. The number of anilines is 1. The van der Waals surface area contributed by atoms with Crippen molar-refractivity contribution in [3.63, 3.8) is 0 Å². The number of nitrogens with one attached hydrogen (secondary N) is 2. The van der Waals surface area contributed by atoms with E-state index in [9.17, 15) is 8.78 Å². The molecule has 0 saturated heterocycles. The monoisotopic (exact) mass is 348 g/mol. The molecule has 0 radical (unpaired) electrons. The van der Waals surface area contributed by atoms with E-state index >= 15 is 0 Å². The van der Waals surface area contributed by atoms with E-state index < -0.39 is 11.6 Å². The third kappa shape index (κ3) is 4.74. The maximum Gasteiger partial charge on any atom is 0.171 e. The van der Waals surface area contributed by atoms with Crippen molar-refractivity contribution in [1.29, 1.82) is 0 Å². The molecule has 5 heteroatoms. The van der Waals surface area contributed by atoms with Crippen LogP contribution in [0.3, 0.4) is 0 Å². The molecule has 0 spiro atoms. The predicted molar refractivity (Wildman–Crippen MR) is 99.3 cm³/mol. The molecule has 128 valence electrons. The zero-order valence-electron chi connectivity index (χ0n) is 14.3. The Morgan fingerprint density at radius 3 is 2.21 bits per heavy atom. The number of rotatable bonds is 3. The van der Waals surface area contributed by atoms with Gasteiger partial charge in [0.25, 0.3) is 0 Å². The lowest BCUT2D eigenvalue weighted by molar-refractivity contribution is 0.586. The molecule has 0 aliphatic carbocycles. The maximum absolute atomic E-state index is 13.6. The van der Waals surface area contributed by atoms with Crippen LogP contribution in [-0.4, -0.2) is 5.11 Å². The first kappa shape index (κ1) is 18.3. The van der Waals surface area contributed by atoms with E-state index in [0.29, 0.717) is 0 Å². The third-order valence-corrected chi connectivity index (χ3v) is 4.02. The fourth-order valence-corrected chi connectivity index (χ4v) is 2.59. The van der Waals surface area contributed by atoms with Crippen LogP contribution in [0.25, 0.3) is 0 Å². The summed E-state index contributed by atoms with van der Waals surface area (Å²) in [4.78, 5) is 0. The lowest BCUT2D eigenvalue weighted by Crippen LogP contribution is -2.31. The summed E-state index contributed by atoms with van der Waals surface area (Å²) >= 11 is 5.21. The fourth-order valence-electron chi connectivity index (χ4n) is 2.30. The van der Waals surface area contributed by atoms with Gasteiger partial charge in [-0.05, 0) is 47.8 Å². The molecule has 0 fully saturated rings. The molecule has 0 aliphatic rings. The van der Waals surface area contributed by atoms with Crippen LogP contribution in [0.4, 0.5) is 14.5 Å². The van der Waals surface area contributed by atoms with E-state index in [1.165, 1.54) is 17.7 Å². The smallest absolute Gasteiger partial charge is 0.171 e. The second-order valence-electron chi connectivity index (χ2n) is 6.82.